The van der Waals surface area contributed by atoms with Crippen molar-refractivity contribution in [1.82, 2.24) is 0 Å². The summed E-state index contributed by atoms with van der Waals surface area (Å²) in [4.78, 5) is 12.2. The maximum atomic E-state index is 12.2. The van der Waals surface area contributed by atoms with Crippen molar-refractivity contribution in [3.05, 3.63) is 11.6 Å². The van der Waals surface area contributed by atoms with Crippen molar-refractivity contribution in [2.24, 2.45) is 34.5 Å². The summed E-state index contributed by atoms with van der Waals surface area (Å²) in [6.45, 7) is 6.06. The number of aliphatic hydroxyl groups is 3. The molecule has 3 N–H and O–H groups in total. The van der Waals surface area contributed by atoms with Crippen molar-refractivity contribution < 1.29 is 20.1 Å². The number of Topliss-reactive ketones (excluding diaryl/α,β-unsaturated/α-hetero) is 1. The van der Waals surface area contributed by atoms with E-state index in [1.54, 1.807) is 6.92 Å². The van der Waals surface area contributed by atoms with Gasteiger partial charge in [-0.1, -0.05) is 25.5 Å². The minimum absolute atomic E-state index is 0.00617. The predicted molar refractivity (Wildman–Crippen MR) is 94.7 cm³/mol. The Morgan fingerprint density at radius 1 is 1.16 bits per heavy atom. The van der Waals surface area contributed by atoms with E-state index >= 15 is 0 Å². The summed E-state index contributed by atoms with van der Waals surface area (Å²) in [5, 5.41) is 32.3. The van der Waals surface area contributed by atoms with Crippen LogP contribution in [-0.2, 0) is 4.79 Å². The van der Waals surface area contributed by atoms with Crippen LogP contribution in [0.4, 0.5) is 0 Å². The minimum atomic E-state index is -0.580. The van der Waals surface area contributed by atoms with Crippen molar-refractivity contribution in [3.63, 3.8) is 0 Å². The lowest BCUT2D eigenvalue weighted by atomic mass is 9.46. The van der Waals surface area contributed by atoms with Crippen molar-refractivity contribution in [1.29, 1.82) is 0 Å². The summed E-state index contributed by atoms with van der Waals surface area (Å²) in [6.07, 6.45) is 5.31. The molecule has 0 heterocycles. The van der Waals surface area contributed by atoms with Gasteiger partial charge in [0.15, 0.2) is 0 Å². The van der Waals surface area contributed by atoms with E-state index < -0.39 is 12.2 Å². The fraction of sp³-hybridized carbons (Fsp3) is 0.857. The normalized spacial score (nSPS) is 55.0. The number of fused-ring (bicyclic) bond motifs is 5. The van der Waals surface area contributed by atoms with Gasteiger partial charge in [0.25, 0.3) is 0 Å². The Hall–Kier alpha value is -0.710. The van der Waals surface area contributed by atoms with Gasteiger partial charge in [-0.3, -0.25) is 4.79 Å². The van der Waals surface area contributed by atoms with Gasteiger partial charge in [0.1, 0.15) is 5.78 Å². The van der Waals surface area contributed by atoms with E-state index in [1.807, 2.05) is 6.08 Å². The number of ketones is 1. The van der Waals surface area contributed by atoms with Crippen molar-refractivity contribution in [2.45, 2.75) is 77.6 Å². The molecule has 9 atom stereocenters. The maximum absolute atomic E-state index is 12.2. The fourth-order valence-corrected chi connectivity index (χ4v) is 7.41. The molecule has 0 bridgehead atoms. The van der Waals surface area contributed by atoms with E-state index in [0.717, 1.165) is 31.3 Å². The molecule has 0 aromatic carbocycles. The standard InChI is InChI=1S/C21H32O4/c1-11(22)14-4-5-15-18-16(24)9-12-8-13(23)6-7-20(12,2)19(18)17(25)10-21(14,15)3/h9,13-19,23-25H,4-8,10H2,1-3H3/t13-,14+,15-,16+,17-,18+,19-,20-,21+/m0/s1. The average Bonchev–Trinajstić information content (AvgIpc) is 2.85. The summed E-state index contributed by atoms with van der Waals surface area (Å²) in [7, 11) is 0. The van der Waals surface area contributed by atoms with Crippen LogP contribution in [0.2, 0.25) is 0 Å². The van der Waals surface area contributed by atoms with Crippen LogP contribution < -0.4 is 0 Å². The van der Waals surface area contributed by atoms with Crippen molar-refractivity contribution >= 4 is 5.78 Å². The van der Waals surface area contributed by atoms with Gasteiger partial charge in [-0.2, -0.15) is 0 Å². The number of hydrogen-bond donors (Lipinski definition) is 3. The molecule has 4 rings (SSSR count). The zero-order valence-corrected chi connectivity index (χ0v) is 15.6. The number of carbonyl (C=O) groups excluding carboxylic acids is 1. The van der Waals surface area contributed by atoms with Gasteiger partial charge in [0.05, 0.1) is 18.3 Å². The molecule has 4 nitrogen and oxygen atoms in total. The first-order valence-corrected chi connectivity index (χ1v) is 9.94. The molecule has 140 valence electrons. The number of carbonyl (C=O) groups is 1. The topological polar surface area (TPSA) is 77.8 Å². The van der Waals surface area contributed by atoms with Crippen LogP contribution in [0.3, 0.4) is 0 Å². The first kappa shape index (κ1) is 17.7. The van der Waals surface area contributed by atoms with E-state index in [0.29, 0.717) is 12.8 Å². The smallest absolute Gasteiger partial charge is 0.133 e. The summed E-state index contributed by atoms with van der Waals surface area (Å²) in [6, 6.07) is 0. The highest BCUT2D eigenvalue weighted by Crippen LogP contribution is 2.66. The van der Waals surface area contributed by atoms with Gasteiger partial charge in [-0.25, -0.2) is 0 Å². The van der Waals surface area contributed by atoms with Gasteiger partial charge >= 0.3 is 0 Å². The molecule has 3 saturated carbocycles. The zero-order valence-electron chi connectivity index (χ0n) is 15.6. The third kappa shape index (κ3) is 2.33. The van der Waals surface area contributed by atoms with Gasteiger partial charge in [0.2, 0.25) is 0 Å². The first-order chi connectivity index (χ1) is 11.7. The molecule has 0 aromatic heterocycles. The van der Waals surface area contributed by atoms with Crippen LogP contribution in [0, 0.1) is 34.5 Å². The highest BCUT2D eigenvalue weighted by atomic mass is 16.3. The number of aliphatic hydroxyl groups excluding tert-OH is 3. The highest BCUT2D eigenvalue weighted by Gasteiger charge is 2.64. The Labute approximate surface area is 150 Å². The van der Waals surface area contributed by atoms with Gasteiger partial charge < -0.3 is 15.3 Å². The molecule has 0 unspecified atom stereocenters. The molecule has 0 saturated heterocycles. The molecule has 25 heavy (non-hydrogen) atoms. The molecule has 4 aliphatic carbocycles. The minimum Gasteiger partial charge on any atom is -0.393 e. The van der Waals surface area contributed by atoms with E-state index in [1.165, 1.54) is 0 Å². The second kappa shape index (κ2) is 5.64. The predicted octanol–water partition coefficient (Wildman–Crippen LogP) is 2.46. The summed E-state index contributed by atoms with van der Waals surface area (Å²) >= 11 is 0. The molecular weight excluding hydrogens is 316 g/mol. The summed E-state index contributed by atoms with van der Waals surface area (Å²) in [5.41, 5.74) is 0.783. The molecular formula is C21H32O4. The second-order valence-corrected chi connectivity index (χ2v) is 9.72. The molecule has 0 amide bonds. The summed E-state index contributed by atoms with van der Waals surface area (Å²) < 4.78 is 0. The first-order valence-electron chi connectivity index (χ1n) is 9.94. The number of hydrogen-bond acceptors (Lipinski definition) is 4. The third-order valence-electron chi connectivity index (χ3n) is 8.53. The Bertz CT molecular complexity index is 613. The van der Waals surface area contributed by atoms with E-state index in [9.17, 15) is 20.1 Å². The van der Waals surface area contributed by atoms with Crippen LogP contribution in [0.15, 0.2) is 11.6 Å². The van der Waals surface area contributed by atoms with Crippen LogP contribution in [0.5, 0.6) is 0 Å². The van der Waals surface area contributed by atoms with Crippen LogP contribution >= 0.6 is 0 Å². The lowest BCUT2D eigenvalue weighted by Crippen LogP contribution is -2.60. The van der Waals surface area contributed by atoms with Crippen molar-refractivity contribution in [2.75, 3.05) is 0 Å². The van der Waals surface area contributed by atoms with Gasteiger partial charge in [0, 0.05) is 5.92 Å². The molecule has 0 radical (unpaired) electrons. The lowest BCUT2D eigenvalue weighted by Gasteiger charge is -2.60. The Balaban J connectivity index is 1.77. The van der Waals surface area contributed by atoms with E-state index in [4.69, 9.17) is 0 Å². The van der Waals surface area contributed by atoms with Crippen molar-refractivity contribution in [3.8, 4) is 0 Å². The largest absolute Gasteiger partial charge is 0.393 e. The zero-order chi connectivity index (χ0) is 18.1. The Morgan fingerprint density at radius 2 is 1.88 bits per heavy atom. The van der Waals surface area contributed by atoms with E-state index in [2.05, 4.69) is 13.8 Å². The average molecular weight is 348 g/mol. The maximum Gasteiger partial charge on any atom is 0.133 e. The highest BCUT2D eigenvalue weighted by molar-refractivity contribution is 5.79. The molecule has 3 fully saturated rings. The number of rotatable bonds is 1. The molecule has 0 aliphatic heterocycles. The molecule has 0 aromatic rings. The molecule has 0 spiro atoms. The second-order valence-electron chi connectivity index (χ2n) is 9.72. The lowest BCUT2D eigenvalue weighted by molar-refractivity contribution is -0.157. The molecule has 4 heteroatoms. The quantitative estimate of drug-likeness (QED) is 0.636. The Kier molecular flexibility index (Phi) is 3.99. The molecule has 4 aliphatic rings. The van der Waals surface area contributed by atoms with Gasteiger partial charge in [-0.15, -0.1) is 0 Å². The van der Waals surface area contributed by atoms with Crippen LogP contribution in [0.25, 0.3) is 0 Å². The SMILES string of the molecule is CC(=O)[C@H]1CC[C@H]2[C@H]3[C@H]([C@@H](O)C[C@]12C)[C@@]1(C)CC[C@H](O)CC1=C[C@H]3O. The Morgan fingerprint density at radius 3 is 2.56 bits per heavy atom. The third-order valence-corrected chi connectivity index (χ3v) is 8.53. The van der Waals surface area contributed by atoms with Crippen LogP contribution in [0.1, 0.15) is 59.3 Å². The summed E-state index contributed by atoms with van der Waals surface area (Å²) in [5.74, 6) is 0.558. The van der Waals surface area contributed by atoms with Gasteiger partial charge in [-0.05, 0) is 74.0 Å². The van der Waals surface area contributed by atoms with E-state index in [-0.39, 0.29) is 46.4 Å². The fourth-order valence-electron chi connectivity index (χ4n) is 7.41. The monoisotopic (exact) mass is 348 g/mol. The van der Waals surface area contributed by atoms with Crippen LogP contribution in [-0.4, -0.2) is 39.4 Å².